The number of para-hydroxylation sites is 1. The van der Waals surface area contributed by atoms with Crippen LogP contribution in [0.5, 0.6) is 5.75 Å². The number of hydrogen-bond donors (Lipinski definition) is 0. The van der Waals surface area contributed by atoms with Gasteiger partial charge in [0.1, 0.15) is 5.75 Å². The fourth-order valence-electron chi connectivity index (χ4n) is 3.55. The first-order chi connectivity index (χ1) is 14.5. The Bertz CT molecular complexity index is 1140. The van der Waals surface area contributed by atoms with E-state index in [0.29, 0.717) is 22.7 Å². The largest absolute Gasteiger partial charge is 0.497 e. The van der Waals surface area contributed by atoms with E-state index >= 15 is 0 Å². The molecule has 0 saturated carbocycles. The van der Waals surface area contributed by atoms with Crippen LogP contribution >= 0.6 is 11.8 Å². The predicted molar refractivity (Wildman–Crippen MR) is 125 cm³/mol. The first-order valence-electron chi connectivity index (χ1n) is 10.1. The Hall–Kier alpha value is -2.99. The van der Waals surface area contributed by atoms with Crippen molar-refractivity contribution in [2.45, 2.75) is 26.8 Å². The highest BCUT2D eigenvalue weighted by Gasteiger charge is 2.32. The second-order valence-corrected chi connectivity index (χ2v) is 8.36. The smallest absolute Gasteiger partial charge is 0.266 e. The number of nitrogens with zero attached hydrogens (tertiary/aromatic N) is 3. The van der Waals surface area contributed by atoms with Crippen LogP contribution in [0.25, 0.3) is 17.0 Å². The Morgan fingerprint density at radius 1 is 1.13 bits per heavy atom. The van der Waals surface area contributed by atoms with Gasteiger partial charge in [0.25, 0.3) is 5.91 Å². The fourth-order valence-corrected chi connectivity index (χ4v) is 4.61. The van der Waals surface area contributed by atoms with Crippen molar-refractivity contribution in [2.75, 3.05) is 13.7 Å². The topological polar surface area (TPSA) is 46.8 Å². The highest BCUT2D eigenvalue weighted by Crippen LogP contribution is 2.36. The fraction of sp³-hybridized carbons (Fsp3) is 0.250. The van der Waals surface area contributed by atoms with Crippen molar-refractivity contribution < 1.29 is 9.53 Å². The van der Waals surface area contributed by atoms with Gasteiger partial charge in [-0.05, 0) is 68.9 Å². The average molecular weight is 420 g/mol. The van der Waals surface area contributed by atoms with Crippen LogP contribution in [0.1, 0.15) is 32.4 Å². The van der Waals surface area contributed by atoms with Crippen LogP contribution in [0.2, 0.25) is 0 Å². The van der Waals surface area contributed by atoms with Gasteiger partial charge in [-0.25, -0.2) is 4.99 Å². The number of amides is 1. The van der Waals surface area contributed by atoms with Crippen molar-refractivity contribution >= 4 is 45.5 Å². The number of aromatic nitrogens is 1. The SMILES string of the molecule is CCN1C(=O)/C(=C\c2cn(C(C)C)c3ccccc23)SC1=Nc1ccc(OC)cc1. The summed E-state index contributed by atoms with van der Waals surface area (Å²) in [7, 11) is 1.64. The number of aliphatic imine (C=N–C) groups is 1. The third-order valence-electron chi connectivity index (χ3n) is 5.12. The molecule has 6 heteroatoms. The van der Waals surface area contributed by atoms with Crippen molar-refractivity contribution in [2.24, 2.45) is 4.99 Å². The molecular weight excluding hydrogens is 394 g/mol. The minimum absolute atomic E-state index is 0.00357. The summed E-state index contributed by atoms with van der Waals surface area (Å²) in [6.45, 7) is 6.87. The molecule has 1 saturated heterocycles. The zero-order valence-electron chi connectivity index (χ0n) is 17.6. The second-order valence-electron chi connectivity index (χ2n) is 7.36. The summed E-state index contributed by atoms with van der Waals surface area (Å²) in [5.41, 5.74) is 3.02. The van der Waals surface area contributed by atoms with Crippen LogP contribution in [0, 0.1) is 0 Å². The number of amidine groups is 1. The molecule has 0 unspecified atom stereocenters. The van der Waals surface area contributed by atoms with Crippen LogP contribution in [-0.4, -0.2) is 34.2 Å². The zero-order chi connectivity index (χ0) is 21.3. The molecule has 2 aromatic carbocycles. The summed E-state index contributed by atoms with van der Waals surface area (Å²) in [6, 6.07) is 16.2. The van der Waals surface area contributed by atoms with Gasteiger partial charge in [0.15, 0.2) is 5.17 Å². The van der Waals surface area contributed by atoms with Crippen LogP contribution in [0.15, 0.2) is 64.6 Å². The molecule has 0 bridgehead atoms. The molecule has 0 aliphatic carbocycles. The molecule has 1 aromatic heterocycles. The predicted octanol–water partition coefficient (Wildman–Crippen LogP) is 5.85. The lowest BCUT2D eigenvalue weighted by Gasteiger charge is -2.12. The van der Waals surface area contributed by atoms with Crippen LogP contribution in [0.4, 0.5) is 5.69 Å². The number of thioether (sulfide) groups is 1. The van der Waals surface area contributed by atoms with Crippen molar-refractivity contribution in [1.82, 2.24) is 9.47 Å². The van der Waals surface area contributed by atoms with E-state index in [1.54, 1.807) is 12.0 Å². The van der Waals surface area contributed by atoms with Gasteiger partial charge in [-0.15, -0.1) is 0 Å². The molecule has 0 atom stereocenters. The number of ether oxygens (including phenoxy) is 1. The molecule has 0 N–H and O–H groups in total. The molecule has 30 heavy (non-hydrogen) atoms. The van der Waals surface area contributed by atoms with Gasteiger partial charge in [0, 0.05) is 35.2 Å². The highest BCUT2D eigenvalue weighted by atomic mass is 32.2. The number of likely N-dealkylation sites (N-methyl/N-ethyl adjacent to an activating group) is 1. The number of methoxy groups -OCH3 is 1. The third-order valence-corrected chi connectivity index (χ3v) is 6.12. The van der Waals surface area contributed by atoms with Crippen molar-refractivity contribution in [1.29, 1.82) is 0 Å². The van der Waals surface area contributed by atoms with Gasteiger partial charge in [-0.1, -0.05) is 18.2 Å². The van der Waals surface area contributed by atoms with E-state index in [4.69, 9.17) is 9.73 Å². The Morgan fingerprint density at radius 3 is 2.53 bits per heavy atom. The van der Waals surface area contributed by atoms with Gasteiger partial charge in [0.05, 0.1) is 17.7 Å². The summed E-state index contributed by atoms with van der Waals surface area (Å²) < 4.78 is 7.45. The zero-order valence-corrected chi connectivity index (χ0v) is 18.4. The van der Waals surface area contributed by atoms with Crippen molar-refractivity contribution in [3.63, 3.8) is 0 Å². The summed E-state index contributed by atoms with van der Waals surface area (Å²) in [5.74, 6) is 0.778. The van der Waals surface area contributed by atoms with Gasteiger partial charge < -0.3 is 9.30 Å². The van der Waals surface area contributed by atoms with E-state index in [9.17, 15) is 4.79 Å². The lowest BCUT2D eigenvalue weighted by molar-refractivity contribution is -0.122. The summed E-state index contributed by atoms with van der Waals surface area (Å²) in [5, 5.41) is 1.85. The summed E-state index contributed by atoms with van der Waals surface area (Å²) in [6.07, 6.45) is 4.12. The van der Waals surface area contributed by atoms with E-state index in [2.05, 4.69) is 36.7 Å². The lowest BCUT2D eigenvalue weighted by Crippen LogP contribution is -2.28. The van der Waals surface area contributed by atoms with E-state index < -0.39 is 0 Å². The van der Waals surface area contributed by atoms with Gasteiger partial charge in [0.2, 0.25) is 0 Å². The first kappa shape index (κ1) is 20.3. The molecule has 1 aliphatic heterocycles. The summed E-state index contributed by atoms with van der Waals surface area (Å²) in [4.78, 5) is 20.2. The molecule has 0 radical (unpaired) electrons. The van der Waals surface area contributed by atoms with E-state index in [1.165, 1.54) is 17.3 Å². The van der Waals surface area contributed by atoms with Gasteiger partial charge >= 0.3 is 0 Å². The maximum atomic E-state index is 13.0. The average Bonchev–Trinajstić information content (AvgIpc) is 3.26. The Morgan fingerprint density at radius 2 is 1.87 bits per heavy atom. The molecule has 2 heterocycles. The normalized spacial score (nSPS) is 17.1. The Balaban J connectivity index is 1.72. The maximum Gasteiger partial charge on any atom is 0.266 e. The minimum Gasteiger partial charge on any atom is -0.497 e. The number of carbonyl (C=O) groups excluding carboxylic acids is 1. The van der Waals surface area contributed by atoms with Gasteiger partial charge in [-0.3, -0.25) is 9.69 Å². The minimum atomic E-state index is -0.00357. The maximum absolute atomic E-state index is 13.0. The van der Waals surface area contributed by atoms with Crippen LogP contribution in [0.3, 0.4) is 0 Å². The first-order valence-corrected chi connectivity index (χ1v) is 10.9. The molecule has 1 amide bonds. The quantitative estimate of drug-likeness (QED) is 0.487. The van der Waals surface area contributed by atoms with Crippen LogP contribution < -0.4 is 4.74 Å². The number of benzene rings is 2. The molecule has 0 spiro atoms. The van der Waals surface area contributed by atoms with Crippen LogP contribution in [-0.2, 0) is 4.79 Å². The van der Waals surface area contributed by atoms with Gasteiger partial charge in [-0.2, -0.15) is 0 Å². The molecule has 1 fully saturated rings. The standard InChI is InChI=1S/C24H25N3O2S/c1-5-26-23(28)22(30-24(26)25-18-10-12-19(29-4)13-11-18)14-17-15-27(16(2)3)21-9-7-6-8-20(17)21/h6-16H,5H2,1-4H3/b22-14+,25-24?. The Labute approximate surface area is 181 Å². The van der Waals surface area contributed by atoms with E-state index in [0.717, 1.165) is 22.4 Å². The Kier molecular flexibility index (Phi) is 5.68. The van der Waals surface area contributed by atoms with Crippen molar-refractivity contribution in [3.05, 3.63) is 65.2 Å². The molecular formula is C24H25N3O2S. The molecule has 154 valence electrons. The lowest BCUT2D eigenvalue weighted by atomic mass is 10.1. The monoisotopic (exact) mass is 419 g/mol. The molecule has 3 aromatic rings. The highest BCUT2D eigenvalue weighted by molar-refractivity contribution is 8.18. The number of rotatable bonds is 5. The van der Waals surface area contributed by atoms with Crippen molar-refractivity contribution in [3.8, 4) is 5.75 Å². The number of fused-ring (bicyclic) bond motifs is 1. The summed E-state index contributed by atoms with van der Waals surface area (Å²) >= 11 is 1.42. The number of hydrogen-bond acceptors (Lipinski definition) is 4. The number of carbonyl (C=O) groups is 1. The molecule has 1 aliphatic rings. The van der Waals surface area contributed by atoms with E-state index in [1.807, 2.05) is 49.4 Å². The molecule has 4 rings (SSSR count). The van der Waals surface area contributed by atoms with E-state index in [-0.39, 0.29) is 5.91 Å². The third kappa shape index (κ3) is 3.75. The second kappa shape index (κ2) is 8.40. The molecule has 5 nitrogen and oxygen atoms in total.